The van der Waals surface area contributed by atoms with E-state index in [2.05, 4.69) is 0 Å². The molecule has 1 saturated heterocycles. The van der Waals surface area contributed by atoms with Crippen LogP contribution >= 0.6 is 0 Å². The van der Waals surface area contributed by atoms with Gasteiger partial charge < -0.3 is 9.64 Å². The molecule has 1 aliphatic heterocycles. The van der Waals surface area contributed by atoms with E-state index in [1.54, 1.807) is 29.2 Å². The Labute approximate surface area is 175 Å². The van der Waals surface area contributed by atoms with Gasteiger partial charge in [-0.05, 0) is 61.4 Å². The first kappa shape index (κ1) is 22.0. The van der Waals surface area contributed by atoms with Crippen LogP contribution in [0.1, 0.15) is 35.7 Å². The molecule has 160 valence electrons. The number of hydrogen-bond acceptors (Lipinski definition) is 5. The fraction of sp³-hybridized carbons (Fsp3) is 0.364. The van der Waals surface area contributed by atoms with Crippen LogP contribution in [0.15, 0.2) is 48.5 Å². The summed E-state index contributed by atoms with van der Waals surface area (Å²) in [6, 6.07) is 11.3. The lowest BCUT2D eigenvalue weighted by Crippen LogP contribution is -2.44. The highest BCUT2D eigenvalue weighted by atomic mass is 32.2. The fourth-order valence-corrected chi connectivity index (χ4v) is 5.20. The molecule has 6 nitrogen and oxygen atoms in total. The van der Waals surface area contributed by atoms with Crippen molar-refractivity contribution in [3.05, 3.63) is 65.5 Å². The van der Waals surface area contributed by atoms with E-state index < -0.39 is 15.7 Å². The van der Waals surface area contributed by atoms with E-state index in [9.17, 15) is 22.4 Å². The van der Waals surface area contributed by atoms with Gasteiger partial charge in [0.25, 0.3) is 5.91 Å². The summed E-state index contributed by atoms with van der Waals surface area (Å²) in [6.45, 7) is 2.21. The molecule has 3 rings (SSSR count). The van der Waals surface area contributed by atoms with Gasteiger partial charge in [0.2, 0.25) is 0 Å². The van der Waals surface area contributed by atoms with Crippen molar-refractivity contribution in [1.29, 1.82) is 0 Å². The molecule has 0 radical (unpaired) electrons. The van der Waals surface area contributed by atoms with E-state index in [1.165, 1.54) is 24.3 Å². The highest BCUT2D eigenvalue weighted by molar-refractivity contribution is 7.91. The van der Waals surface area contributed by atoms with E-state index in [0.717, 1.165) is 6.42 Å². The molecule has 2 aromatic carbocycles. The van der Waals surface area contributed by atoms with Crippen molar-refractivity contribution in [2.75, 3.05) is 24.7 Å². The van der Waals surface area contributed by atoms with Gasteiger partial charge in [-0.25, -0.2) is 12.8 Å². The fourth-order valence-electron chi connectivity index (χ4n) is 3.47. The van der Waals surface area contributed by atoms with Crippen molar-refractivity contribution in [2.24, 2.45) is 0 Å². The van der Waals surface area contributed by atoms with Crippen LogP contribution in [-0.2, 0) is 14.6 Å². The Bertz CT molecular complexity index is 1000. The van der Waals surface area contributed by atoms with E-state index >= 15 is 0 Å². The van der Waals surface area contributed by atoms with Gasteiger partial charge in [-0.3, -0.25) is 9.59 Å². The van der Waals surface area contributed by atoms with Gasteiger partial charge in [-0.15, -0.1) is 0 Å². The van der Waals surface area contributed by atoms with Gasteiger partial charge in [0.15, 0.2) is 22.2 Å². The van der Waals surface area contributed by atoms with Gasteiger partial charge in [-0.2, -0.15) is 0 Å². The average Bonchev–Trinajstić information content (AvgIpc) is 3.10. The Hall–Kier alpha value is -2.74. The standard InChI is InChI=1S/C22H24FNO5S/c1-2-12-24(19-11-13-30(27,28)15-19)21(25)14-29-20-9-5-17(6-10-20)22(26)16-3-7-18(23)8-4-16/h3-10,19H,2,11-15H2,1H3/t19-/m0/s1. The zero-order chi connectivity index (χ0) is 21.7. The van der Waals surface area contributed by atoms with Crippen LogP contribution < -0.4 is 4.74 Å². The predicted octanol–water partition coefficient (Wildman–Crippen LogP) is 2.86. The lowest BCUT2D eigenvalue weighted by molar-refractivity contribution is -0.135. The third-order valence-electron chi connectivity index (χ3n) is 5.02. The maximum atomic E-state index is 13.0. The normalized spacial score (nSPS) is 17.5. The molecule has 0 unspecified atom stereocenters. The number of nitrogens with zero attached hydrogens (tertiary/aromatic N) is 1. The van der Waals surface area contributed by atoms with E-state index in [4.69, 9.17) is 4.74 Å². The Morgan fingerprint density at radius 3 is 2.20 bits per heavy atom. The number of rotatable bonds is 8. The van der Waals surface area contributed by atoms with Crippen LogP contribution in [-0.4, -0.2) is 55.7 Å². The first-order valence-corrected chi connectivity index (χ1v) is 11.6. The van der Waals surface area contributed by atoms with Crippen molar-refractivity contribution >= 4 is 21.5 Å². The number of hydrogen-bond donors (Lipinski definition) is 0. The van der Waals surface area contributed by atoms with E-state index in [1.807, 2.05) is 6.92 Å². The van der Waals surface area contributed by atoms with Gasteiger partial charge >= 0.3 is 0 Å². The van der Waals surface area contributed by atoms with E-state index in [0.29, 0.717) is 29.8 Å². The van der Waals surface area contributed by atoms with Gasteiger partial charge in [0.1, 0.15) is 11.6 Å². The molecule has 0 aliphatic carbocycles. The highest BCUT2D eigenvalue weighted by Crippen LogP contribution is 2.20. The Morgan fingerprint density at radius 1 is 1.07 bits per heavy atom. The van der Waals surface area contributed by atoms with Crippen molar-refractivity contribution in [3.8, 4) is 5.75 Å². The van der Waals surface area contributed by atoms with Crippen molar-refractivity contribution < 1.29 is 27.1 Å². The smallest absolute Gasteiger partial charge is 0.260 e. The molecular weight excluding hydrogens is 409 g/mol. The second-order valence-corrected chi connectivity index (χ2v) is 9.52. The molecule has 0 saturated carbocycles. The summed E-state index contributed by atoms with van der Waals surface area (Å²) < 4.78 is 42.1. The number of benzene rings is 2. The number of amides is 1. The van der Waals surface area contributed by atoms with Crippen molar-refractivity contribution in [1.82, 2.24) is 4.90 Å². The summed E-state index contributed by atoms with van der Waals surface area (Å²) >= 11 is 0. The minimum absolute atomic E-state index is 0.00106. The minimum Gasteiger partial charge on any atom is -0.484 e. The zero-order valence-corrected chi connectivity index (χ0v) is 17.5. The molecule has 8 heteroatoms. The van der Waals surface area contributed by atoms with Gasteiger partial charge in [0, 0.05) is 23.7 Å². The monoisotopic (exact) mass is 433 g/mol. The van der Waals surface area contributed by atoms with Gasteiger partial charge in [0.05, 0.1) is 11.5 Å². The van der Waals surface area contributed by atoms with Crippen LogP contribution in [0.3, 0.4) is 0 Å². The summed E-state index contributed by atoms with van der Waals surface area (Å²) in [5.41, 5.74) is 0.797. The quantitative estimate of drug-likeness (QED) is 0.598. The molecule has 0 N–H and O–H groups in total. The first-order valence-electron chi connectivity index (χ1n) is 9.82. The molecule has 0 spiro atoms. The topological polar surface area (TPSA) is 80.8 Å². The van der Waals surface area contributed by atoms with Crippen LogP contribution in [0.5, 0.6) is 5.75 Å². The van der Waals surface area contributed by atoms with Crippen molar-refractivity contribution in [3.63, 3.8) is 0 Å². The third-order valence-corrected chi connectivity index (χ3v) is 6.77. The Kier molecular flexibility index (Phi) is 6.87. The Balaban J connectivity index is 1.60. The predicted molar refractivity (Wildman–Crippen MR) is 111 cm³/mol. The average molecular weight is 434 g/mol. The lowest BCUT2D eigenvalue weighted by atomic mass is 10.0. The lowest BCUT2D eigenvalue weighted by Gasteiger charge is -2.27. The highest BCUT2D eigenvalue weighted by Gasteiger charge is 2.34. The summed E-state index contributed by atoms with van der Waals surface area (Å²) in [5.74, 6) is -0.379. The number of carbonyl (C=O) groups is 2. The molecule has 1 fully saturated rings. The molecule has 1 aliphatic rings. The molecule has 1 heterocycles. The number of carbonyl (C=O) groups excluding carboxylic acids is 2. The van der Waals surface area contributed by atoms with Crippen LogP contribution in [0, 0.1) is 5.82 Å². The second kappa shape index (κ2) is 9.38. The summed E-state index contributed by atoms with van der Waals surface area (Å²) in [6.07, 6.45) is 1.18. The summed E-state index contributed by atoms with van der Waals surface area (Å²) in [5, 5.41) is 0. The number of halogens is 1. The molecule has 1 atom stereocenters. The van der Waals surface area contributed by atoms with Crippen LogP contribution in [0.25, 0.3) is 0 Å². The van der Waals surface area contributed by atoms with Gasteiger partial charge in [-0.1, -0.05) is 6.92 Å². The zero-order valence-electron chi connectivity index (χ0n) is 16.7. The summed E-state index contributed by atoms with van der Waals surface area (Å²) in [4.78, 5) is 26.6. The third kappa shape index (κ3) is 5.44. The molecular formula is C22H24FNO5S. The maximum Gasteiger partial charge on any atom is 0.260 e. The van der Waals surface area contributed by atoms with Crippen LogP contribution in [0.4, 0.5) is 4.39 Å². The summed E-state index contributed by atoms with van der Waals surface area (Å²) in [7, 11) is -3.09. The number of ketones is 1. The largest absolute Gasteiger partial charge is 0.484 e. The van der Waals surface area contributed by atoms with Crippen LogP contribution in [0.2, 0.25) is 0 Å². The number of sulfone groups is 1. The molecule has 2 aromatic rings. The maximum absolute atomic E-state index is 13.0. The minimum atomic E-state index is -3.09. The SMILES string of the molecule is CCCN(C(=O)COc1ccc(C(=O)c2ccc(F)cc2)cc1)[C@H]1CCS(=O)(=O)C1. The first-order chi connectivity index (χ1) is 14.3. The molecule has 1 amide bonds. The Morgan fingerprint density at radius 2 is 1.67 bits per heavy atom. The second-order valence-electron chi connectivity index (χ2n) is 7.29. The molecule has 0 aromatic heterocycles. The van der Waals surface area contributed by atoms with Crippen molar-refractivity contribution in [2.45, 2.75) is 25.8 Å². The molecule has 0 bridgehead atoms. The number of ether oxygens (including phenoxy) is 1. The molecule has 30 heavy (non-hydrogen) atoms. The van der Waals surface area contributed by atoms with E-state index in [-0.39, 0.29) is 35.8 Å².